The molecule has 0 saturated heterocycles. The van der Waals surface area contributed by atoms with Crippen molar-refractivity contribution >= 4 is 10.1 Å². The smallest absolute Gasteiger partial charge is 0.283 e. The average molecular weight is 210 g/mol. The van der Waals surface area contributed by atoms with Gasteiger partial charge in [-0.25, -0.2) is 4.39 Å². The Morgan fingerprint density at radius 1 is 1.25 bits per heavy atom. The van der Waals surface area contributed by atoms with E-state index in [0.717, 1.165) is 0 Å². The average Bonchev–Trinajstić information content (AvgIpc) is 1.81. The zero-order valence-electron chi connectivity index (χ0n) is 5.89. The fourth-order valence-corrected chi connectivity index (χ4v) is 1.19. The quantitative estimate of drug-likeness (QED) is 0.555. The molecule has 0 amide bonds. The summed E-state index contributed by atoms with van der Waals surface area (Å²) in [5, 5.41) is -4.56. The van der Waals surface area contributed by atoms with Crippen LogP contribution in [0.4, 0.5) is 17.6 Å². The highest BCUT2D eigenvalue weighted by Gasteiger charge is 2.64. The Balaban J connectivity index is 5.25. The molecule has 1 unspecified atom stereocenters. The lowest BCUT2D eigenvalue weighted by molar-refractivity contribution is -0.200. The van der Waals surface area contributed by atoms with Gasteiger partial charge in [0.05, 0.1) is 0 Å². The van der Waals surface area contributed by atoms with Crippen LogP contribution >= 0.6 is 0 Å². The Bertz CT molecular complexity index is 256. The Hall–Kier alpha value is -0.370. The van der Waals surface area contributed by atoms with Gasteiger partial charge in [0.25, 0.3) is 0 Å². The molecule has 0 aromatic heterocycles. The van der Waals surface area contributed by atoms with E-state index in [9.17, 15) is 26.0 Å². The third kappa shape index (κ3) is 1.69. The minimum Gasteiger partial charge on any atom is -0.283 e. The third-order valence-corrected chi connectivity index (χ3v) is 2.62. The summed E-state index contributed by atoms with van der Waals surface area (Å²) in [6, 6.07) is 0. The molecule has 0 radical (unpaired) electrons. The minimum atomic E-state index is -5.76. The van der Waals surface area contributed by atoms with Gasteiger partial charge in [-0.05, 0) is 0 Å². The molecule has 0 aromatic rings. The monoisotopic (exact) mass is 210 g/mol. The van der Waals surface area contributed by atoms with E-state index in [-0.39, 0.29) is 0 Å². The van der Waals surface area contributed by atoms with Crippen molar-refractivity contribution in [2.75, 3.05) is 0 Å². The molecule has 1 atom stereocenters. The first-order chi connectivity index (χ1) is 5.06. The second-order valence-corrected chi connectivity index (χ2v) is 3.65. The fraction of sp³-hybridized carbons (Fsp3) is 1.00. The van der Waals surface area contributed by atoms with Gasteiger partial charge in [0.15, 0.2) is 0 Å². The summed E-state index contributed by atoms with van der Waals surface area (Å²) in [7, 11) is -5.76. The molecule has 12 heavy (non-hydrogen) atoms. The first-order valence-corrected chi connectivity index (χ1v) is 4.23. The normalized spacial score (nSPS) is 18.8. The van der Waals surface area contributed by atoms with E-state index in [0.29, 0.717) is 6.92 Å². The predicted octanol–water partition coefficient (Wildman–Crippen LogP) is 1.51. The summed E-state index contributed by atoms with van der Waals surface area (Å²) in [6.45, 7) is 0.668. The molecule has 1 N–H and O–H groups in total. The van der Waals surface area contributed by atoms with Crippen LogP contribution in [-0.4, -0.2) is 24.1 Å². The van der Waals surface area contributed by atoms with Crippen LogP contribution in [0.5, 0.6) is 0 Å². The topological polar surface area (TPSA) is 54.4 Å². The largest absolute Gasteiger partial charge is 0.439 e. The van der Waals surface area contributed by atoms with E-state index in [1.165, 1.54) is 0 Å². The molecule has 0 spiro atoms. The van der Waals surface area contributed by atoms with E-state index in [1.807, 2.05) is 0 Å². The van der Waals surface area contributed by atoms with Crippen LogP contribution < -0.4 is 0 Å². The highest BCUT2D eigenvalue weighted by Crippen LogP contribution is 2.40. The Kier molecular flexibility index (Phi) is 2.75. The number of alkyl halides is 4. The first-order valence-electron chi connectivity index (χ1n) is 2.79. The molecule has 8 heteroatoms. The SMILES string of the molecule is CCC(F)(C(F)(F)F)S(=O)(=O)O. The summed E-state index contributed by atoms with van der Waals surface area (Å²) in [4.78, 5) is 0. The van der Waals surface area contributed by atoms with Crippen LogP contribution in [0.3, 0.4) is 0 Å². The number of halogens is 4. The molecule has 74 valence electrons. The second kappa shape index (κ2) is 2.84. The van der Waals surface area contributed by atoms with Crippen molar-refractivity contribution in [2.24, 2.45) is 0 Å². The summed E-state index contributed by atoms with van der Waals surface area (Å²) in [5.74, 6) is 0. The molecular weight excluding hydrogens is 204 g/mol. The van der Waals surface area contributed by atoms with E-state index >= 15 is 0 Å². The Morgan fingerprint density at radius 2 is 1.58 bits per heavy atom. The van der Waals surface area contributed by atoms with Crippen LogP contribution in [0.15, 0.2) is 0 Å². The fourth-order valence-electron chi connectivity index (χ4n) is 0.529. The maximum atomic E-state index is 12.6. The van der Waals surface area contributed by atoms with Crippen molar-refractivity contribution in [1.29, 1.82) is 0 Å². The highest BCUT2D eigenvalue weighted by atomic mass is 32.2. The van der Waals surface area contributed by atoms with Crippen molar-refractivity contribution in [3.63, 3.8) is 0 Å². The van der Waals surface area contributed by atoms with Crippen LogP contribution in [0.1, 0.15) is 13.3 Å². The Labute approximate surface area is 66.1 Å². The predicted molar refractivity (Wildman–Crippen MR) is 31.7 cm³/mol. The molecular formula is C4H6F4O3S. The van der Waals surface area contributed by atoms with Gasteiger partial charge >= 0.3 is 21.3 Å². The maximum Gasteiger partial charge on any atom is 0.439 e. The zero-order valence-corrected chi connectivity index (χ0v) is 6.71. The molecule has 3 nitrogen and oxygen atoms in total. The van der Waals surface area contributed by atoms with E-state index in [2.05, 4.69) is 0 Å². The summed E-state index contributed by atoms with van der Waals surface area (Å²) in [6.07, 6.45) is -7.00. The van der Waals surface area contributed by atoms with Gasteiger partial charge < -0.3 is 0 Å². The lowest BCUT2D eigenvalue weighted by Crippen LogP contribution is -2.47. The molecule has 0 saturated carbocycles. The van der Waals surface area contributed by atoms with E-state index < -0.39 is 27.7 Å². The summed E-state index contributed by atoms with van der Waals surface area (Å²) >= 11 is 0. The van der Waals surface area contributed by atoms with Gasteiger partial charge in [0.2, 0.25) is 0 Å². The molecule has 0 heterocycles. The zero-order chi connectivity index (χ0) is 10.2. The van der Waals surface area contributed by atoms with Crippen molar-refractivity contribution in [2.45, 2.75) is 24.5 Å². The van der Waals surface area contributed by atoms with Gasteiger partial charge in [-0.15, -0.1) is 0 Å². The van der Waals surface area contributed by atoms with Gasteiger partial charge in [-0.1, -0.05) is 6.92 Å². The maximum absolute atomic E-state index is 12.6. The molecule has 0 aliphatic rings. The van der Waals surface area contributed by atoms with Gasteiger partial charge in [-0.3, -0.25) is 4.55 Å². The van der Waals surface area contributed by atoms with Crippen LogP contribution in [0, 0.1) is 0 Å². The lowest BCUT2D eigenvalue weighted by Gasteiger charge is -2.22. The van der Waals surface area contributed by atoms with E-state index in [4.69, 9.17) is 4.55 Å². The van der Waals surface area contributed by atoms with Gasteiger partial charge in [-0.2, -0.15) is 21.6 Å². The summed E-state index contributed by atoms with van der Waals surface area (Å²) < 4.78 is 75.6. The first kappa shape index (κ1) is 11.6. The molecule has 0 fully saturated rings. The van der Waals surface area contributed by atoms with Gasteiger partial charge in [0, 0.05) is 6.42 Å². The van der Waals surface area contributed by atoms with Crippen LogP contribution in [-0.2, 0) is 10.1 Å². The standard InChI is InChI=1S/C4H6F4O3S/c1-2-3(5,4(6,7)8)12(9,10)11/h2H2,1H3,(H,9,10,11). The van der Waals surface area contributed by atoms with E-state index in [1.54, 1.807) is 0 Å². The number of rotatable bonds is 2. The molecule has 0 aliphatic heterocycles. The summed E-state index contributed by atoms with van der Waals surface area (Å²) in [5.41, 5.74) is 0. The van der Waals surface area contributed by atoms with Gasteiger partial charge in [0.1, 0.15) is 0 Å². The van der Waals surface area contributed by atoms with Crippen LogP contribution in [0.25, 0.3) is 0 Å². The third-order valence-electron chi connectivity index (χ3n) is 1.29. The molecule has 0 aliphatic carbocycles. The molecule has 0 rings (SSSR count). The minimum absolute atomic E-state index is 0.668. The van der Waals surface area contributed by atoms with Crippen molar-refractivity contribution in [3.8, 4) is 0 Å². The lowest BCUT2D eigenvalue weighted by atomic mass is 10.3. The molecule has 0 bridgehead atoms. The Morgan fingerprint density at radius 3 is 1.58 bits per heavy atom. The molecule has 0 aromatic carbocycles. The number of hydrogen-bond acceptors (Lipinski definition) is 2. The highest BCUT2D eigenvalue weighted by molar-refractivity contribution is 7.87. The number of hydrogen-bond donors (Lipinski definition) is 1. The second-order valence-electron chi connectivity index (χ2n) is 2.05. The van der Waals surface area contributed by atoms with Crippen LogP contribution in [0.2, 0.25) is 0 Å². The van der Waals surface area contributed by atoms with Crippen molar-refractivity contribution in [1.82, 2.24) is 0 Å². The van der Waals surface area contributed by atoms with Crippen molar-refractivity contribution < 1.29 is 30.5 Å². The van der Waals surface area contributed by atoms with Crippen molar-refractivity contribution in [3.05, 3.63) is 0 Å².